The van der Waals surface area contributed by atoms with E-state index < -0.39 is 0 Å². The largest absolute Gasteiger partial charge is 2.00 e. The van der Waals surface area contributed by atoms with Crippen LogP contribution in [0.15, 0.2) is 0 Å². The first-order valence-corrected chi connectivity index (χ1v) is 3.65. The number of hydroxylamine groups is 1. The quantitative estimate of drug-likeness (QED) is 0.242. The molecule has 11 heavy (non-hydrogen) atoms. The Kier molecular flexibility index (Phi) is 5.46. The second-order valence-electron chi connectivity index (χ2n) is 2.69. The normalized spacial score (nSPS) is 18.6. The SMILES string of the molecule is N=[N+](O[O])C1CCCCC1.[Cu+2]. The van der Waals surface area contributed by atoms with E-state index in [2.05, 4.69) is 4.99 Å². The fraction of sp³-hybridized carbons (Fsp3) is 1.00. The minimum atomic E-state index is 0. The van der Waals surface area contributed by atoms with E-state index in [0.29, 0.717) is 4.86 Å². The molecule has 1 fully saturated rings. The minimum absolute atomic E-state index is 0. The Morgan fingerprint density at radius 2 is 1.82 bits per heavy atom. The molecule has 0 amide bonds. The number of nitrogens with zero attached hydrogens (tertiary/aromatic N) is 1. The van der Waals surface area contributed by atoms with Gasteiger partial charge in [0.1, 0.15) is 4.86 Å². The van der Waals surface area contributed by atoms with Crippen molar-refractivity contribution < 1.29 is 32.2 Å². The predicted molar refractivity (Wildman–Crippen MR) is 31.6 cm³/mol. The van der Waals surface area contributed by atoms with Crippen molar-refractivity contribution in [3.05, 3.63) is 0 Å². The van der Waals surface area contributed by atoms with Gasteiger partial charge >= 0.3 is 17.1 Å². The Morgan fingerprint density at radius 1 is 1.27 bits per heavy atom. The Balaban J connectivity index is 0.000001000. The van der Waals surface area contributed by atoms with Gasteiger partial charge in [-0.05, 0) is 23.4 Å². The molecule has 0 unspecified atom stereocenters. The third kappa shape index (κ3) is 3.18. The molecule has 4 nitrogen and oxygen atoms in total. The van der Waals surface area contributed by atoms with Gasteiger partial charge in [-0.3, -0.25) is 0 Å². The van der Waals surface area contributed by atoms with Crippen molar-refractivity contribution >= 4 is 0 Å². The third-order valence-electron chi connectivity index (χ3n) is 1.99. The maximum Gasteiger partial charge on any atom is 2.00 e. The van der Waals surface area contributed by atoms with Crippen molar-refractivity contribution in [2.24, 2.45) is 0 Å². The number of hydrogen-bond acceptors (Lipinski definition) is 2. The zero-order valence-electron chi connectivity index (χ0n) is 6.18. The topological polar surface area (TPSA) is 56.0 Å². The van der Waals surface area contributed by atoms with E-state index in [-0.39, 0.29) is 23.1 Å². The summed E-state index contributed by atoms with van der Waals surface area (Å²) in [7, 11) is 0. The van der Waals surface area contributed by atoms with Gasteiger partial charge in [0.25, 0.3) is 0 Å². The molecule has 0 bridgehead atoms. The summed E-state index contributed by atoms with van der Waals surface area (Å²) in [6.07, 6.45) is 5.30. The minimum Gasteiger partial charge on any atom is -0.0528 e. The molecular formula is C6H12CuN2O2+3. The standard InChI is InChI=1S/C6H12N2O2.Cu/c7-8(10-9)6-4-2-1-3-5-6;/h6-7H,1-5H2;/q+1;+2. The monoisotopic (exact) mass is 207 g/mol. The van der Waals surface area contributed by atoms with Crippen molar-refractivity contribution in [3.63, 3.8) is 0 Å². The summed E-state index contributed by atoms with van der Waals surface area (Å²) < 4.78 is 0. The molecule has 0 saturated heterocycles. The maximum atomic E-state index is 9.77. The van der Waals surface area contributed by atoms with Crippen LogP contribution in [0.1, 0.15) is 32.1 Å². The van der Waals surface area contributed by atoms with E-state index in [9.17, 15) is 5.26 Å². The first kappa shape index (κ1) is 10.9. The van der Waals surface area contributed by atoms with Crippen LogP contribution in [-0.4, -0.2) is 10.9 Å². The predicted octanol–water partition coefficient (Wildman–Crippen LogP) is 1.64. The van der Waals surface area contributed by atoms with Crippen LogP contribution in [0.4, 0.5) is 0 Å². The van der Waals surface area contributed by atoms with Crippen LogP contribution < -0.4 is 0 Å². The van der Waals surface area contributed by atoms with Crippen LogP contribution in [0.25, 0.3) is 0 Å². The molecule has 1 rings (SSSR count). The van der Waals surface area contributed by atoms with Crippen LogP contribution in [0.5, 0.6) is 0 Å². The molecule has 1 aliphatic carbocycles. The molecule has 1 aliphatic rings. The molecule has 0 aromatic carbocycles. The molecule has 0 atom stereocenters. The van der Waals surface area contributed by atoms with E-state index in [1.165, 1.54) is 6.42 Å². The molecule has 0 aromatic rings. The Morgan fingerprint density at radius 3 is 2.27 bits per heavy atom. The first-order valence-electron chi connectivity index (χ1n) is 3.65. The second-order valence-corrected chi connectivity index (χ2v) is 2.69. The molecular weight excluding hydrogens is 196 g/mol. The van der Waals surface area contributed by atoms with Gasteiger partial charge in [-0.1, -0.05) is 6.42 Å². The number of hydrogen-bond donors (Lipinski definition) is 1. The van der Waals surface area contributed by atoms with E-state index in [1.807, 2.05) is 0 Å². The van der Waals surface area contributed by atoms with E-state index in [4.69, 9.17) is 5.53 Å². The van der Waals surface area contributed by atoms with Gasteiger partial charge < -0.3 is 0 Å². The summed E-state index contributed by atoms with van der Waals surface area (Å²) in [5.41, 5.74) is 7.01. The molecule has 0 aliphatic heterocycles. The van der Waals surface area contributed by atoms with Gasteiger partial charge in [0.15, 0.2) is 0 Å². The summed E-state index contributed by atoms with van der Waals surface area (Å²) in [6, 6.07) is 0.0336. The third-order valence-corrected chi connectivity index (χ3v) is 1.99. The first-order chi connectivity index (χ1) is 4.84. The van der Waals surface area contributed by atoms with Crippen LogP contribution in [0, 0.1) is 5.53 Å². The fourth-order valence-corrected chi connectivity index (χ4v) is 1.38. The average molecular weight is 208 g/mol. The zero-order valence-corrected chi connectivity index (χ0v) is 7.12. The average Bonchev–Trinajstić information content (AvgIpc) is 2.05. The van der Waals surface area contributed by atoms with Crippen LogP contribution >= 0.6 is 0 Å². The summed E-state index contributed by atoms with van der Waals surface area (Å²) >= 11 is 0. The Bertz CT molecular complexity index is 126. The zero-order chi connectivity index (χ0) is 7.40. The molecule has 0 spiro atoms. The number of rotatable bonds is 2. The summed E-state index contributed by atoms with van der Waals surface area (Å²) in [5, 5.41) is 9.77. The molecule has 5 heteroatoms. The Hall–Kier alpha value is -0.121. The second kappa shape index (κ2) is 5.52. The molecule has 0 aromatic heterocycles. The van der Waals surface area contributed by atoms with Crippen LogP contribution in [-0.2, 0) is 27.3 Å². The van der Waals surface area contributed by atoms with Crippen LogP contribution in [0.2, 0.25) is 0 Å². The smallest absolute Gasteiger partial charge is 0.0528 e. The number of nitrogens with one attached hydrogen (secondary N) is 1. The van der Waals surface area contributed by atoms with E-state index in [1.54, 1.807) is 0 Å². The molecule has 0 heterocycles. The van der Waals surface area contributed by atoms with Crippen LogP contribution in [0.3, 0.4) is 0 Å². The summed E-state index contributed by atoms with van der Waals surface area (Å²) in [5.74, 6) is 0. The molecule has 1 N–H and O–H groups in total. The Labute approximate surface area is 76.4 Å². The van der Waals surface area contributed by atoms with Gasteiger partial charge in [-0.15, -0.1) is 0 Å². The van der Waals surface area contributed by atoms with E-state index in [0.717, 1.165) is 25.7 Å². The maximum absolute atomic E-state index is 9.77. The summed E-state index contributed by atoms with van der Waals surface area (Å²) in [4.78, 5) is 4.22. The molecule has 1 saturated carbocycles. The van der Waals surface area contributed by atoms with Gasteiger partial charge in [0, 0.05) is 12.8 Å². The van der Waals surface area contributed by atoms with Crippen molar-refractivity contribution in [2.75, 3.05) is 0 Å². The van der Waals surface area contributed by atoms with E-state index >= 15 is 0 Å². The van der Waals surface area contributed by atoms with Gasteiger partial charge in [-0.25, -0.2) is 0 Å². The van der Waals surface area contributed by atoms with Gasteiger partial charge in [0.2, 0.25) is 6.04 Å². The van der Waals surface area contributed by atoms with Crippen molar-refractivity contribution in [1.29, 1.82) is 5.53 Å². The van der Waals surface area contributed by atoms with Crippen molar-refractivity contribution in [3.8, 4) is 0 Å². The fourth-order valence-electron chi connectivity index (χ4n) is 1.38. The molecule has 66 valence electrons. The molecule has 2 radical (unpaired) electrons. The van der Waals surface area contributed by atoms with Crippen molar-refractivity contribution in [1.82, 2.24) is 0 Å². The van der Waals surface area contributed by atoms with Gasteiger partial charge in [-0.2, -0.15) is 0 Å². The van der Waals surface area contributed by atoms with Gasteiger partial charge in [0.05, 0.1) is 5.26 Å². The van der Waals surface area contributed by atoms with Crippen molar-refractivity contribution in [2.45, 2.75) is 38.1 Å². The summed E-state index contributed by atoms with van der Waals surface area (Å²) in [6.45, 7) is 0.